The van der Waals surface area contributed by atoms with Gasteiger partial charge in [0.05, 0.1) is 4.88 Å². The summed E-state index contributed by atoms with van der Waals surface area (Å²) in [5.41, 5.74) is 5.28. The second-order valence-corrected chi connectivity index (χ2v) is 5.46. The molecule has 0 aliphatic rings. The van der Waals surface area contributed by atoms with Crippen LogP contribution in [0.4, 0.5) is 5.82 Å². The van der Waals surface area contributed by atoms with E-state index in [1.807, 2.05) is 30.3 Å². The molecule has 3 rings (SSSR count). The lowest BCUT2D eigenvalue weighted by atomic mass is 10.2. The summed E-state index contributed by atoms with van der Waals surface area (Å²) in [6.07, 6.45) is 0. The lowest BCUT2D eigenvalue weighted by Gasteiger charge is -2.03. The number of hydrogen-bond donors (Lipinski definition) is 2. The second kappa shape index (κ2) is 5.34. The number of thiophene rings is 1. The van der Waals surface area contributed by atoms with Gasteiger partial charge in [-0.1, -0.05) is 24.3 Å². The summed E-state index contributed by atoms with van der Waals surface area (Å²) in [6.45, 7) is 0. The molecule has 0 radical (unpaired) electrons. The molecule has 21 heavy (non-hydrogen) atoms. The van der Waals surface area contributed by atoms with Crippen molar-refractivity contribution in [1.82, 2.24) is 4.98 Å². The molecule has 5 nitrogen and oxygen atoms in total. The number of carbonyl (C=O) groups excluding carboxylic acids is 2. The minimum atomic E-state index is -0.632. The molecule has 0 spiro atoms. The van der Waals surface area contributed by atoms with Crippen molar-refractivity contribution in [3.05, 3.63) is 59.1 Å². The van der Waals surface area contributed by atoms with Crippen LogP contribution in [-0.4, -0.2) is 16.8 Å². The van der Waals surface area contributed by atoms with E-state index in [9.17, 15) is 9.59 Å². The van der Waals surface area contributed by atoms with E-state index in [0.717, 1.165) is 10.1 Å². The first-order valence-electron chi connectivity index (χ1n) is 6.20. The predicted molar refractivity (Wildman–Crippen MR) is 82.5 cm³/mol. The van der Waals surface area contributed by atoms with Crippen LogP contribution < -0.4 is 11.1 Å². The summed E-state index contributed by atoms with van der Waals surface area (Å²) >= 11 is 1.40. The highest BCUT2D eigenvalue weighted by Gasteiger charge is 2.11. The van der Waals surface area contributed by atoms with Gasteiger partial charge in [0.2, 0.25) is 0 Å². The number of pyridine rings is 1. The Balaban J connectivity index is 1.85. The first kappa shape index (κ1) is 13.3. The number of anilines is 1. The highest BCUT2D eigenvalue weighted by atomic mass is 32.1. The molecule has 3 N–H and O–H groups in total. The zero-order valence-corrected chi connectivity index (χ0v) is 11.7. The average molecular weight is 297 g/mol. The van der Waals surface area contributed by atoms with Gasteiger partial charge in [0.15, 0.2) is 0 Å². The molecule has 0 saturated heterocycles. The summed E-state index contributed by atoms with van der Waals surface area (Å²) in [7, 11) is 0. The monoisotopic (exact) mass is 297 g/mol. The minimum absolute atomic E-state index is 0.115. The average Bonchev–Trinajstić information content (AvgIpc) is 2.91. The molecule has 1 aromatic carbocycles. The number of hydrogen-bond acceptors (Lipinski definition) is 4. The number of amides is 2. The van der Waals surface area contributed by atoms with E-state index >= 15 is 0 Å². The normalized spacial score (nSPS) is 10.5. The third kappa shape index (κ3) is 2.75. The summed E-state index contributed by atoms with van der Waals surface area (Å²) in [6, 6.07) is 14.3. The fourth-order valence-electron chi connectivity index (χ4n) is 1.91. The number of rotatable bonds is 3. The number of carbonyl (C=O) groups is 2. The van der Waals surface area contributed by atoms with Gasteiger partial charge in [-0.05, 0) is 29.7 Å². The number of nitrogens with zero attached hydrogens (tertiary/aromatic N) is 1. The SMILES string of the molecule is NC(=O)c1cccc(NC(=O)c2cc3ccccc3s2)n1. The van der Waals surface area contributed by atoms with Crippen molar-refractivity contribution in [2.24, 2.45) is 5.73 Å². The van der Waals surface area contributed by atoms with Crippen molar-refractivity contribution in [2.75, 3.05) is 5.32 Å². The van der Waals surface area contributed by atoms with Crippen molar-refractivity contribution < 1.29 is 9.59 Å². The molecule has 0 unspecified atom stereocenters. The molecule has 6 heteroatoms. The Kier molecular flexibility index (Phi) is 3.37. The highest BCUT2D eigenvalue weighted by molar-refractivity contribution is 7.20. The molecular weight excluding hydrogens is 286 g/mol. The molecule has 0 saturated carbocycles. The summed E-state index contributed by atoms with van der Waals surface area (Å²) in [4.78, 5) is 27.9. The second-order valence-electron chi connectivity index (χ2n) is 4.37. The van der Waals surface area contributed by atoms with Crippen LogP contribution in [0.15, 0.2) is 48.5 Å². The number of primary amides is 1. The first-order chi connectivity index (χ1) is 10.1. The molecule has 2 aromatic heterocycles. The van der Waals surface area contributed by atoms with E-state index in [2.05, 4.69) is 10.3 Å². The van der Waals surface area contributed by atoms with Crippen LogP contribution >= 0.6 is 11.3 Å². The fourth-order valence-corrected chi connectivity index (χ4v) is 2.87. The number of benzene rings is 1. The Bertz CT molecular complexity index is 809. The largest absolute Gasteiger partial charge is 0.364 e. The molecule has 0 aliphatic carbocycles. The van der Waals surface area contributed by atoms with E-state index in [1.165, 1.54) is 17.4 Å². The summed E-state index contributed by atoms with van der Waals surface area (Å²) in [5.74, 6) is -0.591. The topological polar surface area (TPSA) is 85.1 Å². The van der Waals surface area contributed by atoms with Crippen LogP contribution in [0.1, 0.15) is 20.2 Å². The zero-order chi connectivity index (χ0) is 14.8. The molecule has 3 aromatic rings. The Labute approximate surface area is 124 Å². The number of nitrogens with one attached hydrogen (secondary N) is 1. The lowest BCUT2D eigenvalue weighted by molar-refractivity contribution is 0.0991. The quantitative estimate of drug-likeness (QED) is 0.779. The van der Waals surface area contributed by atoms with Gasteiger partial charge in [-0.3, -0.25) is 9.59 Å². The van der Waals surface area contributed by atoms with Crippen molar-refractivity contribution in [1.29, 1.82) is 0 Å². The number of nitrogens with two attached hydrogens (primary N) is 1. The smallest absolute Gasteiger partial charge is 0.267 e. The van der Waals surface area contributed by atoms with Gasteiger partial charge in [-0.2, -0.15) is 0 Å². The Morgan fingerprint density at radius 1 is 1.10 bits per heavy atom. The molecule has 104 valence electrons. The van der Waals surface area contributed by atoms with Gasteiger partial charge in [-0.15, -0.1) is 11.3 Å². The van der Waals surface area contributed by atoms with Crippen molar-refractivity contribution in [3.8, 4) is 0 Å². The molecule has 2 amide bonds. The maximum absolute atomic E-state index is 12.2. The summed E-state index contributed by atoms with van der Waals surface area (Å²) in [5, 5.41) is 3.69. The van der Waals surface area contributed by atoms with Crippen LogP contribution in [0.3, 0.4) is 0 Å². The van der Waals surface area contributed by atoms with E-state index < -0.39 is 5.91 Å². The third-order valence-corrected chi connectivity index (χ3v) is 4.01. The lowest BCUT2D eigenvalue weighted by Crippen LogP contribution is -2.16. The van der Waals surface area contributed by atoms with Gasteiger partial charge < -0.3 is 11.1 Å². The molecule has 0 aliphatic heterocycles. The van der Waals surface area contributed by atoms with Gasteiger partial charge in [-0.25, -0.2) is 4.98 Å². The third-order valence-electron chi connectivity index (χ3n) is 2.89. The van der Waals surface area contributed by atoms with Gasteiger partial charge in [0.1, 0.15) is 11.5 Å². The van der Waals surface area contributed by atoms with Crippen molar-refractivity contribution in [2.45, 2.75) is 0 Å². The van der Waals surface area contributed by atoms with E-state index in [4.69, 9.17) is 5.73 Å². The maximum Gasteiger partial charge on any atom is 0.267 e. The predicted octanol–water partition coefficient (Wildman–Crippen LogP) is 2.65. The number of fused-ring (bicyclic) bond motifs is 1. The Morgan fingerprint density at radius 2 is 1.90 bits per heavy atom. The van der Waals surface area contributed by atoms with Gasteiger partial charge in [0, 0.05) is 4.70 Å². The van der Waals surface area contributed by atoms with Crippen LogP contribution in [0.2, 0.25) is 0 Å². The van der Waals surface area contributed by atoms with Gasteiger partial charge >= 0.3 is 0 Å². The van der Waals surface area contributed by atoms with Crippen molar-refractivity contribution >= 4 is 39.1 Å². The van der Waals surface area contributed by atoms with E-state index in [1.54, 1.807) is 12.1 Å². The van der Waals surface area contributed by atoms with E-state index in [0.29, 0.717) is 10.7 Å². The Morgan fingerprint density at radius 3 is 2.67 bits per heavy atom. The first-order valence-corrected chi connectivity index (χ1v) is 7.02. The van der Waals surface area contributed by atoms with Crippen LogP contribution in [0.25, 0.3) is 10.1 Å². The highest BCUT2D eigenvalue weighted by Crippen LogP contribution is 2.25. The molecule has 0 fully saturated rings. The van der Waals surface area contributed by atoms with Crippen LogP contribution in [-0.2, 0) is 0 Å². The standard InChI is InChI=1S/C15H11N3O2S/c16-14(19)10-5-3-7-13(17-10)18-15(20)12-8-9-4-1-2-6-11(9)21-12/h1-8H,(H2,16,19)(H,17,18,20). The molecule has 2 heterocycles. The molecule has 0 atom stereocenters. The minimum Gasteiger partial charge on any atom is -0.364 e. The van der Waals surface area contributed by atoms with Crippen LogP contribution in [0, 0.1) is 0 Å². The summed E-state index contributed by atoms with van der Waals surface area (Å²) < 4.78 is 1.04. The maximum atomic E-state index is 12.2. The van der Waals surface area contributed by atoms with Crippen molar-refractivity contribution in [3.63, 3.8) is 0 Å². The molecule has 0 bridgehead atoms. The zero-order valence-electron chi connectivity index (χ0n) is 10.9. The fraction of sp³-hybridized carbons (Fsp3) is 0. The Hall–Kier alpha value is -2.73. The molecular formula is C15H11N3O2S. The van der Waals surface area contributed by atoms with E-state index in [-0.39, 0.29) is 11.6 Å². The van der Waals surface area contributed by atoms with Gasteiger partial charge in [0.25, 0.3) is 11.8 Å². The number of aromatic nitrogens is 1. The van der Waals surface area contributed by atoms with Crippen LogP contribution in [0.5, 0.6) is 0 Å².